The number of amides is 4. The summed E-state index contributed by atoms with van der Waals surface area (Å²) in [4.78, 5) is 32.1. The average Bonchev–Trinajstić information content (AvgIpc) is 2.13. The first-order chi connectivity index (χ1) is 7.06. The van der Waals surface area contributed by atoms with E-state index < -0.39 is 11.9 Å². The van der Waals surface area contributed by atoms with Gasteiger partial charge in [-0.05, 0) is 6.42 Å². The van der Waals surface area contributed by atoms with Gasteiger partial charge >= 0.3 is 6.03 Å². The van der Waals surface area contributed by atoms with Gasteiger partial charge in [-0.1, -0.05) is 6.92 Å². The summed E-state index contributed by atoms with van der Waals surface area (Å²) in [5.41, 5.74) is 4.71. The Morgan fingerprint density at radius 1 is 1.13 bits per heavy atom. The van der Waals surface area contributed by atoms with Crippen molar-refractivity contribution >= 4 is 17.8 Å². The highest BCUT2D eigenvalue weighted by Gasteiger charge is 2.04. The van der Waals surface area contributed by atoms with Crippen LogP contribution in [0.25, 0.3) is 0 Å². The number of hydrogen-bond donors (Lipinski definition) is 4. The summed E-state index contributed by atoms with van der Waals surface area (Å²) in [6.45, 7) is 2.46. The molecule has 0 aliphatic heterocycles. The van der Waals surface area contributed by atoms with Crippen LogP contribution in [-0.2, 0) is 9.59 Å². The first kappa shape index (κ1) is 13.4. The second kappa shape index (κ2) is 7.74. The Kier molecular flexibility index (Phi) is 6.90. The lowest BCUT2D eigenvalue weighted by atomic mass is 10.4. The maximum atomic E-state index is 11.0. The monoisotopic (exact) mass is 216 g/mol. The van der Waals surface area contributed by atoms with Crippen LogP contribution in [0.2, 0.25) is 0 Å². The Morgan fingerprint density at radius 2 is 1.73 bits per heavy atom. The van der Waals surface area contributed by atoms with Crippen LogP contribution in [-0.4, -0.2) is 37.5 Å². The number of hydrogen-bond acceptors (Lipinski definition) is 4. The summed E-state index contributed by atoms with van der Waals surface area (Å²) in [6.07, 6.45) is 0.855. The highest BCUT2D eigenvalue weighted by atomic mass is 16.2. The van der Waals surface area contributed by atoms with Crippen molar-refractivity contribution in [1.82, 2.24) is 16.0 Å². The van der Waals surface area contributed by atoms with Crippen LogP contribution in [0.1, 0.15) is 13.3 Å². The van der Waals surface area contributed by atoms with E-state index in [1.165, 1.54) is 0 Å². The molecule has 0 aromatic heterocycles. The van der Waals surface area contributed by atoms with Gasteiger partial charge in [0.1, 0.15) is 0 Å². The molecule has 0 radical (unpaired) electrons. The number of imide groups is 1. The molecule has 86 valence electrons. The molecule has 0 saturated heterocycles. The maximum Gasteiger partial charge on any atom is 0.318 e. The summed E-state index contributed by atoms with van der Waals surface area (Å²) < 4.78 is 0. The van der Waals surface area contributed by atoms with Crippen molar-refractivity contribution in [2.75, 3.05) is 19.6 Å². The average molecular weight is 216 g/mol. The molecule has 0 spiro atoms. The predicted molar refractivity (Wildman–Crippen MR) is 53.9 cm³/mol. The van der Waals surface area contributed by atoms with Crippen molar-refractivity contribution in [2.24, 2.45) is 5.73 Å². The van der Waals surface area contributed by atoms with E-state index >= 15 is 0 Å². The SMILES string of the molecule is CCCNC(=O)CNCC(=O)NC(N)=O. The fourth-order valence-electron chi connectivity index (χ4n) is 0.798. The van der Waals surface area contributed by atoms with E-state index in [4.69, 9.17) is 5.73 Å². The minimum absolute atomic E-state index is 0.0339. The Bertz CT molecular complexity index is 242. The summed E-state index contributed by atoms with van der Waals surface area (Å²) in [5.74, 6) is -0.755. The molecular weight excluding hydrogens is 200 g/mol. The number of rotatable bonds is 6. The minimum atomic E-state index is -0.905. The van der Waals surface area contributed by atoms with Crippen LogP contribution in [0.4, 0.5) is 4.79 Å². The summed E-state index contributed by atoms with van der Waals surface area (Å²) in [6, 6.07) is -0.905. The number of carbonyl (C=O) groups is 3. The lowest BCUT2D eigenvalue weighted by molar-refractivity contribution is -0.120. The molecule has 4 amide bonds. The second-order valence-corrected chi connectivity index (χ2v) is 2.87. The lowest BCUT2D eigenvalue weighted by Gasteiger charge is -2.04. The summed E-state index contributed by atoms with van der Waals surface area (Å²) in [7, 11) is 0. The molecule has 0 atom stereocenters. The quantitative estimate of drug-likeness (QED) is 0.423. The van der Waals surface area contributed by atoms with Crippen LogP contribution in [0.5, 0.6) is 0 Å². The van der Waals surface area contributed by atoms with Gasteiger partial charge in [0.05, 0.1) is 13.1 Å². The zero-order valence-corrected chi connectivity index (χ0v) is 8.63. The molecular formula is C8H16N4O3. The molecule has 15 heavy (non-hydrogen) atoms. The highest BCUT2D eigenvalue weighted by Crippen LogP contribution is 1.71. The van der Waals surface area contributed by atoms with E-state index in [2.05, 4.69) is 10.6 Å². The number of urea groups is 1. The fraction of sp³-hybridized carbons (Fsp3) is 0.625. The lowest BCUT2D eigenvalue weighted by Crippen LogP contribution is -2.43. The smallest absolute Gasteiger partial charge is 0.318 e. The normalized spacial score (nSPS) is 9.40. The zero-order valence-electron chi connectivity index (χ0n) is 8.63. The molecule has 0 aliphatic rings. The molecule has 7 nitrogen and oxygen atoms in total. The molecule has 0 fully saturated rings. The van der Waals surface area contributed by atoms with Crippen LogP contribution in [0.15, 0.2) is 0 Å². The van der Waals surface area contributed by atoms with E-state index in [1.807, 2.05) is 12.2 Å². The topological polar surface area (TPSA) is 113 Å². The van der Waals surface area contributed by atoms with E-state index in [-0.39, 0.29) is 19.0 Å². The Labute approximate surface area is 87.8 Å². The molecule has 0 aromatic carbocycles. The first-order valence-corrected chi connectivity index (χ1v) is 4.63. The number of primary amides is 1. The molecule has 7 heteroatoms. The van der Waals surface area contributed by atoms with Gasteiger partial charge in [-0.2, -0.15) is 0 Å². The number of nitrogens with one attached hydrogen (secondary N) is 3. The van der Waals surface area contributed by atoms with Crippen LogP contribution in [0, 0.1) is 0 Å². The molecule has 0 aliphatic carbocycles. The van der Waals surface area contributed by atoms with Gasteiger partial charge in [0.2, 0.25) is 11.8 Å². The van der Waals surface area contributed by atoms with Crippen molar-refractivity contribution in [1.29, 1.82) is 0 Å². The Hall–Kier alpha value is -1.63. The third-order valence-corrected chi connectivity index (χ3v) is 1.41. The molecule has 0 unspecified atom stereocenters. The zero-order chi connectivity index (χ0) is 11.7. The molecule has 0 aromatic rings. The molecule has 0 saturated carbocycles. The molecule has 5 N–H and O–H groups in total. The van der Waals surface area contributed by atoms with E-state index in [0.717, 1.165) is 6.42 Å². The minimum Gasteiger partial charge on any atom is -0.355 e. The second-order valence-electron chi connectivity index (χ2n) is 2.87. The van der Waals surface area contributed by atoms with Crippen LogP contribution in [0.3, 0.4) is 0 Å². The van der Waals surface area contributed by atoms with Gasteiger partial charge in [0.25, 0.3) is 0 Å². The van der Waals surface area contributed by atoms with Gasteiger partial charge in [-0.25, -0.2) is 4.79 Å². The summed E-state index contributed by atoms with van der Waals surface area (Å²) in [5, 5.41) is 7.05. The number of carbonyl (C=O) groups excluding carboxylic acids is 3. The van der Waals surface area contributed by atoms with E-state index in [1.54, 1.807) is 0 Å². The largest absolute Gasteiger partial charge is 0.355 e. The van der Waals surface area contributed by atoms with Crippen LogP contribution >= 0.6 is 0 Å². The fourth-order valence-corrected chi connectivity index (χ4v) is 0.798. The third kappa shape index (κ3) is 8.69. The van der Waals surface area contributed by atoms with Gasteiger partial charge in [0.15, 0.2) is 0 Å². The van der Waals surface area contributed by atoms with E-state index in [0.29, 0.717) is 6.54 Å². The maximum absolute atomic E-state index is 11.0. The Balaban J connectivity index is 3.48. The molecule has 0 heterocycles. The third-order valence-electron chi connectivity index (χ3n) is 1.41. The van der Waals surface area contributed by atoms with Crippen molar-refractivity contribution in [3.63, 3.8) is 0 Å². The molecule has 0 bridgehead atoms. The standard InChI is InChI=1S/C8H16N4O3/c1-2-3-11-6(13)4-10-5-7(14)12-8(9)15/h10H,2-5H2,1H3,(H,11,13)(H3,9,12,14,15). The highest BCUT2D eigenvalue weighted by molar-refractivity contribution is 5.94. The van der Waals surface area contributed by atoms with Gasteiger partial charge in [-0.15, -0.1) is 0 Å². The van der Waals surface area contributed by atoms with Crippen LogP contribution < -0.4 is 21.7 Å². The van der Waals surface area contributed by atoms with Gasteiger partial charge < -0.3 is 11.1 Å². The number of nitrogens with two attached hydrogens (primary N) is 1. The van der Waals surface area contributed by atoms with Crippen molar-refractivity contribution in [3.8, 4) is 0 Å². The van der Waals surface area contributed by atoms with Crippen molar-refractivity contribution in [2.45, 2.75) is 13.3 Å². The van der Waals surface area contributed by atoms with Gasteiger partial charge in [-0.3, -0.25) is 20.2 Å². The van der Waals surface area contributed by atoms with Crippen molar-refractivity contribution in [3.05, 3.63) is 0 Å². The van der Waals surface area contributed by atoms with Gasteiger partial charge in [0, 0.05) is 6.54 Å². The summed E-state index contributed by atoms with van der Waals surface area (Å²) >= 11 is 0. The first-order valence-electron chi connectivity index (χ1n) is 4.63. The predicted octanol–water partition coefficient (Wildman–Crippen LogP) is -1.70. The van der Waals surface area contributed by atoms with E-state index in [9.17, 15) is 14.4 Å². The van der Waals surface area contributed by atoms with Crippen molar-refractivity contribution < 1.29 is 14.4 Å². The molecule has 0 rings (SSSR count). The Morgan fingerprint density at radius 3 is 2.27 bits per heavy atom.